The Morgan fingerprint density at radius 3 is 1.50 bits per heavy atom. The summed E-state index contributed by atoms with van der Waals surface area (Å²) >= 11 is 0. The van der Waals surface area contributed by atoms with Crippen molar-refractivity contribution in [3.63, 3.8) is 0 Å². The highest BCUT2D eigenvalue weighted by Crippen LogP contribution is 2.28. The number of hydrogen-bond donors (Lipinski definition) is 1. The Hall–Kier alpha value is -0.0400. The standard InChI is InChI=1S/C13H25N/c1-2-4-6-8-12-10-14-11-13(12)9-7-5-3-1/h12-14H,1-11H2/t12-,13+. The van der Waals surface area contributed by atoms with Gasteiger partial charge in [0.25, 0.3) is 0 Å². The van der Waals surface area contributed by atoms with Crippen molar-refractivity contribution in [3.8, 4) is 0 Å². The first kappa shape index (κ1) is 10.5. The number of fused-ring (bicyclic) bond motifs is 1. The van der Waals surface area contributed by atoms with Crippen LogP contribution in [0.3, 0.4) is 0 Å². The largest absolute Gasteiger partial charge is 0.316 e. The van der Waals surface area contributed by atoms with Crippen molar-refractivity contribution in [2.75, 3.05) is 13.1 Å². The molecule has 1 saturated heterocycles. The molecule has 0 aromatic carbocycles. The van der Waals surface area contributed by atoms with E-state index in [4.69, 9.17) is 0 Å². The lowest BCUT2D eigenvalue weighted by Crippen LogP contribution is -2.12. The molecule has 1 aliphatic heterocycles. The average molecular weight is 195 g/mol. The third-order valence-electron chi connectivity index (χ3n) is 4.13. The zero-order valence-electron chi connectivity index (χ0n) is 9.43. The lowest BCUT2D eigenvalue weighted by molar-refractivity contribution is 0.354. The minimum absolute atomic E-state index is 1.02. The second-order valence-electron chi connectivity index (χ2n) is 5.23. The van der Waals surface area contributed by atoms with Crippen LogP contribution in [0.2, 0.25) is 0 Å². The van der Waals surface area contributed by atoms with E-state index in [1.165, 1.54) is 70.9 Å². The Balaban J connectivity index is 1.80. The molecule has 0 aromatic heterocycles. The van der Waals surface area contributed by atoms with Crippen LogP contribution in [0.25, 0.3) is 0 Å². The first-order chi connectivity index (χ1) is 6.97. The summed E-state index contributed by atoms with van der Waals surface area (Å²) in [5.41, 5.74) is 0. The summed E-state index contributed by atoms with van der Waals surface area (Å²) < 4.78 is 0. The third-order valence-corrected chi connectivity index (χ3v) is 4.13. The van der Waals surface area contributed by atoms with Gasteiger partial charge in [-0.3, -0.25) is 0 Å². The Morgan fingerprint density at radius 2 is 1.00 bits per heavy atom. The summed E-state index contributed by atoms with van der Waals surface area (Å²) in [6, 6.07) is 0. The third kappa shape index (κ3) is 2.98. The van der Waals surface area contributed by atoms with Gasteiger partial charge in [-0.25, -0.2) is 0 Å². The molecule has 2 fully saturated rings. The molecule has 1 heterocycles. The van der Waals surface area contributed by atoms with Gasteiger partial charge in [0.2, 0.25) is 0 Å². The van der Waals surface area contributed by atoms with Gasteiger partial charge in [-0.05, 0) is 37.8 Å². The maximum absolute atomic E-state index is 3.58. The molecule has 2 atom stereocenters. The van der Waals surface area contributed by atoms with Crippen LogP contribution in [-0.4, -0.2) is 13.1 Å². The quantitative estimate of drug-likeness (QED) is 0.625. The highest BCUT2D eigenvalue weighted by atomic mass is 14.9. The Bertz CT molecular complexity index is 139. The monoisotopic (exact) mass is 195 g/mol. The first-order valence-corrected chi connectivity index (χ1v) is 6.67. The summed E-state index contributed by atoms with van der Waals surface area (Å²) in [6.45, 7) is 2.62. The van der Waals surface area contributed by atoms with Gasteiger partial charge >= 0.3 is 0 Å². The molecule has 0 unspecified atom stereocenters. The Kier molecular flexibility index (Phi) is 4.30. The molecule has 82 valence electrons. The average Bonchev–Trinajstić information content (AvgIpc) is 2.61. The predicted molar refractivity (Wildman–Crippen MR) is 61.4 cm³/mol. The molecule has 0 radical (unpaired) electrons. The summed E-state index contributed by atoms with van der Waals surface area (Å²) in [5.74, 6) is 2.04. The van der Waals surface area contributed by atoms with E-state index in [1.54, 1.807) is 0 Å². The fourth-order valence-electron chi connectivity index (χ4n) is 3.16. The fourth-order valence-corrected chi connectivity index (χ4v) is 3.16. The lowest BCUT2D eigenvalue weighted by Gasteiger charge is -2.17. The van der Waals surface area contributed by atoms with E-state index in [0.29, 0.717) is 0 Å². The Labute approximate surface area is 88.7 Å². The SMILES string of the molecule is C1CCCC[C@@H]2CNC[C@@H]2CCCC1. The molecule has 0 aromatic rings. The molecule has 1 saturated carbocycles. The summed E-state index contributed by atoms with van der Waals surface area (Å²) in [7, 11) is 0. The van der Waals surface area contributed by atoms with E-state index in [1.807, 2.05) is 0 Å². The van der Waals surface area contributed by atoms with Crippen molar-refractivity contribution < 1.29 is 0 Å². The topological polar surface area (TPSA) is 12.0 Å². The zero-order chi connectivity index (χ0) is 9.64. The van der Waals surface area contributed by atoms with Crippen LogP contribution in [0, 0.1) is 11.8 Å². The highest BCUT2D eigenvalue weighted by molar-refractivity contribution is 4.81. The number of nitrogens with one attached hydrogen (secondary N) is 1. The lowest BCUT2D eigenvalue weighted by atomic mass is 9.87. The molecule has 1 heteroatoms. The molecule has 1 aliphatic carbocycles. The molecule has 0 spiro atoms. The smallest absolute Gasteiger partial charge is 0.00173 e. The van der Waals surface area contributed by atoms with Crippen LogP contribution in [0.15, 0.2) is 0 Å². The van der Waals surface area contributed by atoms with E-state index in [9.17, 15) is 0 Å². The zero-order valence-corrected chi connectivity index (χ0v) is 9.43. The molecule has 1 nitrogen and oxygen atoms in total. The van der Waals surface area contributed by atoms with Gasteiger partial charge in [-0.1, -0.05) is 44.9 Å². The van der Waals surface area contributed by atoms with Gasteiger partial charge in [-0.2, -0.15) is 0 Å². The normalized spacial score (nSPS) is 36.0. The maximum Gasteiger partial charge on any atom is -0.00173 e. The van der Waals surface area contributed by atoms with Crippen LogP contribution in [0.4, 0.5) is 0 Å². The van der Waals surface area contributed by atoms with E-state index in [-0.39, 0.29) is 0 Å². The first-order valence-electron chi connectivity index (χ1n) is 6.67. The van der Waals surface area contributed by atoms with Crippen LogP contribution in [0.5, 0.6) is 0 Å². The van der Waals surface area contributed by atoms with Crippen molar-refractivity contribution in [2.24, 2.45) is 11.8 Å². The molecule has 1 N–H and O–H groups in total. The van der Waals surface area contributed by atoms with Crippen LogP contribution in [-0.2, 0) is 0 Å². The molecule has 14 heavy (non-hydrogen) atoms. The number of hydrogen-bond acceptors (Lipinski definition) is 1. The van der Waals surface area contributed by atoms with Crippen molar-refractivity contribution in [1.29, 1.82) is 0 Å². The van der Waals surface area contributed by atoms with Crippen molar-refractivity contribution in [1.82, 2.24) is 5.32 Å². The molecule has 0 bridgehead atoms. The van der Waals surface area contributed by atoms with Gasteiger partial charge in [0.1, 0.15) is 0 Å². The molecule has 0 amide bonds. The molecular weight excluding hydrogens is 170 g/mol. The van der Waals surface area contributed by atoms with Crippen molar-refractivity contribution >= 4 is 0 Å². The summed E-state index contributed by atoms with van der Waals surface area (Å²) in [5, 5.41) is 3.58. The maximum atomic E-state index is 3.58. The van der Waals surface area contributed by atoms with E-state index in [2.05, 4.69) is 5.32 Å². The highest BCUT2D eigenvalue weighted by Gasteiger charge is 2.25. The Morgan fingerprint density at radius 1 is 0.571 bits per heavy atom. The van der Waals surface area contributed by atoms with E-state index in [0.717, 1.165) is 11.8 Å². The van der Waals surface area contributed by atoms with Gasteiger partial charge in [-0.15, -0.1) is 0 Å². The second-order valence-corrected chi connectivity index (χ2v) is 5.23. The summed E-state index contributed by atoms with van der Waals surface area (Å²) in [6.07, 6.45) is 13.4. The van der Waals surface area contributed by atoms with Crippen molar-refractivity contribution in [2.45, 2.75) is 57.8 Å². The van der Waals surface area contributed by atoms with Crippen LogP contribution >= 0.6 is 0 Å². The predicted octanol–water partition coefficient (Wildman–Crippen LogP) is 3.35. The van der Waals surface area contributed by atoms with Gasteiger partial charge < -0.3 is 5.32 Å². The van der Waals surface area contributed by atoms with E-state index < -0.39 is 0 Å². The van der Waals surface area contributed by atoms with Crippen LogP contribution < -0.4 is 5.32 Å². The van der Waals surface area contributed by atoms with Crippen LogP contribution in [0.1, 0.15) is 57.8 Å². The number of rotatable bonds is 0. The summed E-state index contributed by atoms with van der Waals surface area (Å²) in [4.78, 5) is 0. The molecule has 2 aliphatic rings. The minimum Gasteiger partial charge on any atom is -0.316 e. The van der Waals surface area contributed by atoms with Crippen molar-refractivity contribution in [3.05, 3.63) is 0 Å². The van der Waals surface area contributed by atoms with E-state index >= 15 is 0 Å². The van der Waals surface area contributed by atoms with Gasteiger partial charge in [0.05, 0.1) is 0 Å². The molecular formula is C13H25N. The van der Waals surface area contributed by atoms with Gasteiger partial charge in [0.15, 0.2) is 0 Å². The molecule has 2 rings (SSSR count). The fraction of sp³-hybridized carbons (Fsp3) is 1.00. The minimum atomic E-state index is 1.02. The second kappa shape index (κ2) is 5.75. The van der Waals surface area contributed by atoms with Gasteiger partial charge in [0, 0.05) is 0 Å².